The van der Waals surface area contributed by atoms with Crippen LogP contribution < -0.4 is 4.74 Å². The van der Waals surface area contributed by atoms with Crippen molar-refractivity contribution in [2.75, 3.05) is 14.2 Å². The first kappa shape index (κ1) is 18.8. The zero-order valence-electron chi connectivity index (χ0n) is 16.0. The first-order chi connectivity index (χ1) is 13.5. The number of ether oxygens (including phenoxy) is 1. The SMILES string of the molecule is COc1cccc(-c2nn(CN(C)Cc3nc4ccccc4s3)c(=S)n2C)c1. The molecule has 0 unspecified atom stereocenters. The fourth-order valence-electron chi connectivity index (χ4n) is 3.09. The number of aromatic nitrogens is 4. The van der Waals surface area contributed by atoms with Crippen molar-refractivity contribution >= 4 is 33.8 Å². The van der Waals surface area contributed by atoms with E-state index >= 15 is 0 Å². The molecule has 0 N–H and O–H groups in total. The van der Waals surface area contributed by atoms with Crippen LogP contribution in [0.25, 0.3) is 21.6 Å². The van der Waals surface area contributed by atoms with E-state index in [1.807, 2.05) is 65.8 Å². The van der Waals surface area contributed by atoms with Gasteiger partial charge in [-0.25, -0.2) is 9.67 Å². The van der Waals surface area contributed by atoms with Gasteiger partial charge in [0.05, 0.1) is 30.5 Å². The molecule has 0 saturated heterocycles. The maximum atomic E-state index is 5.60. The fourth-order valence-corrected chi connectivity index (χ4v) is 4.32. The van der Waals surface area contributed by atoms with E-state index in [0.717, 1.165) is 34.2 Å². The zero-order chi connectivity index (χ0) is 19.7. The summed E-state index contributed by atoms with van der Waals surface area (Å²) >= 11 is 7.33. The van der Waals surface area contributed by atoms with Crippen molar-refractivity contribution in [3.63, 3.8) is 0 Å². The standard InChI is InChI=1S/C20H21N5OS2/c1-23(12-18-21-16-9-4-5-10-17(16)28-18)13-25-20(27)24(2)19(22-25)14-7-6-8-15(11-14)26-3/h4-11H,12-13H2,1-3H3. The van der Waals surface area contributed by atoms with Crippen molar-refractivity contribution in [3.8, 4) is 17.1 Å². The van der Waals surface area contributed by atoms with E-state index in [1.165, 1.54) is 4.70 Å². The summed E-state index contributed by atoms with van der Waals surface area (Å²) in [5.74, 6) is 1.61. The molecular weight excluding hydrogens is 390 g/mol. The molecule has 0 amide bonds. The first-order valence-corrected chi connectivity index (χ1v) is 10.1. The van der Waals surface area contributed by atoms with Crippen LogP contribution in [0, 0.1) is 4.77 Å². The predicted molar refractivity (Wildman–Crippen MR) is 115 cm³/mol. The van der Waals surface area contributed by atoms with E-state index in [9.17, 15) is 0 Å². The summed E-state index contributed by atoms with van der Waals surface area (Å²) in [5.41, 5.74) is 2.02. The summed E-state index contributed by atoms with van der Waals surface area (Å²) in [4.78, 5) is 6.87. The van der Waals surface area contributed by atoms with E-state index in [4.69, 9.17) is 27.0 Å². The van der Waals surface area contributed by atoms with Crippen LogP contribution in [0.3, 0.4) is 0 Å². The Bertz CT molecular complexity index is 1140. The number of para-hydroxylation sites is 1. The van der Waals surface area contributed by atoms with Crippen LogP contribution in [0.15, 0.2) is 48.5 Å². The second-order valence-electron chi connectivity index (χ2n) is 6.63. The summed E-state index contributed by atoms with van der Waals surface area (Å²) in [6.07, 6.45) is 0. The van der Waals surface area contributed by atoms with Gasteiger partial charge >= 0.3 is 0 Å². The number of nitrogens with zero attached hydrogens (tertiary/aromatic N) is 5. The molecule has 0 radical (unpaired) electrons. The molecule has 0 atom stereocenters. The van der Waals surface area contributed by atoms with E-state index in [1.54, 1.807) is 18.4 Å². The van der Waals surface area contributed by atoms with Crippen LogP contribution in [-0.4, -0.2) is 38.4 Å². The molecule has 2 aromatic carbocycles. The number of thiazole rings is 1. The monoisotopic (exact) mass is 411 g/mol. The lowest BCUT2D eigenvalue weighted by atomic mass is 10.2. The van der Waals surface area contributed by atoms with Crippen molar-refractivity contribution in [1.82, 2.24) is 24.2 Å². The molecule has 0 spiro atoms. The zero-order valence-corrected chi connectivity index (χ0v) is 17.6. The fraction of sp³-hybridized carbons (Fsp3) is 0.250. The van der Waals surface area contributed by atoms with Crippen LogP contribution in [0.2, 0.25) is 0 Å². The maximum Gasteiger partial charge on any atom is 0.199 e. The Morgan fingerprint density at radius 1 is 1.18 bits per heavy atom. The Morgan fingerprint density at radius 2 is 2.00 bits per heavy atom. The Hall–Kier alpha value is -2.55. The number of benzene rings is 2. The number of rotatable bonds is 6. The van der Waals surface area contributed by atoms with Gasteiger partial charge in [0, 0.05) is 12.6 Å². The van der Waals surface area contributed by atoms with Gasteiger partial charge in [-0.05, 0) is 43.5 Å². The maximum absolute atomic E-state index is 5.60. The van der Waals surface area contributed by atoms with E-state index in [2.05, 4.69) is 11.0 Å². The van der Waals surface area contributed by atoms with Crippen molar-refractivity contribution in [2.45, 2.75) is 13.2 Å². The molecule has 4 rings (SSSR count). The Morgan fingerprint density at radius 3 is 2.79 bits per heavy atom. The van der Waals surface area contributed by atoms with Gasteiger partial charge in [0.1, 0.15) is 10.8 Å². The van der Waals surface area contributed by atoms with Crippen LogP contribution in [0.5, 0.6) is 5.75 Å². The molecule has 0 bridgehead atoms. The molecule has 6 nitrogen and oxygen atoms in total. The third-order valence-corrected chi connectivity index (χ3v) is 5.99. The number of hydrogen-bond acceptors (Lipinski definition) is 6. The molecule has 0 aliphatic heterocycles. The van der Waals surface area contributed by atoms with Gasteiger partial charge in [0.2, 0.25) is 0 Å². The minimum atomic E-state index is 0.590. The van der Waals surface area contributed by atoms with Gasteiger partial charge in [-0.3, -0.25) is 4.90 Å². The molecule has 0 fully saturated rings. The van der Waals surface area contributed by atoms with Crippen molar-refractivity contribution in [2.24, 2.45) is 7.05 Å². The Labute approximate surface area is 172 Å². The second kappa shape index (κ2) is 7.83. The molecule has 144 valence electrons. The Kier molecular flexibility index (Phi) is 5.25. The topological polar surface area (TPSA) is 48.1 Å². The third-order valence-electron chi connectivity index (χ3n) is 4.49. The average molecular weight is 412 g/mol. The highest BCUT2D eigenvalue weighted by molar-refractivity contribution is 7.71. The quantitative estimate of drug-likeness (QED) is 0.442. The van der Waals surface area contributed by atoms with Crippen molar-refractivity contribution < 1.29 is 4.74 Å². The minimum Gasteiger partial charge on any atom is -0.497 e. The van der Waals surface area contributed by atoms with Crippen LogP contribution in [0.1, 0.15) is 5.01 Å². The van der Waals surface area contributed by atoms with Gasteiger partial charge in [0.15, 0.2) is 10.6 Å². The molecule has 2 aromatic heterocycles. The summed E-state index contributed by atoms with van der Waals surface area (Å²) in [7, 11) is 5.65. The number of fused-ring (bicyclic) bond motifs is 1. The predicted octanol–water partition coefficient (Wildman–Crippen LogP) is 4.33. The first-order valence-electron chi connectivity index (χ1n) is 8.86. The van der Waals surface area contributed by atoms with Gasteiger partial charge in [-0.1, -0.05) is 24.3 Å². The average Bonchev–Trinajstić information content (AvgIpc) is 3.23. The molecular formula is C20H21N5OS2. The highest BCUT2D eigenvalue weighted by atomic mass is 32.1. The highest BCUT2D eigenvalue weighted by Gasteiger charge is 2.13. The van der Waals surface area contributed by atoms with Crippen molar-refractivity contribution in [3.05, 3.63) is 58.3 Å². The number of methoxy groups -OCH3 is 1. The lowest BCUT2D eigenvalue weighted by Crippen LogP contribution is -2.22. The van der Waals surface area contributed by atoms with E-state index in [-0.39, 0.29) is 0 Å². The van der Waals surface area contributed by atoms with E-state index in [0.29, 0.717) is 11.4 Å². The molecule has 2 heterocycles. The smallest absolute Gasteiger partial charge is 0.199 e. The molecule has 0 aliphatic carbocycles. The van der Waals surface area contributed by atoms with Crippen molar-refractivity contribution in [1.29, 1.82) is 0 Å². The summed E-state index contributed by atoms with van der Waals surface area (Å²) < 4.78 is 11.0. The highest BCUT2D eigenvalue weighted by Crippen LogP contribution is 2.24. The molecule has 28 heavy (non-hydrogen) atoms. The largest absolute Gasteiger partial charge is 0.497 e. The molecule has 8 heteroatoms. The molecule has 4 aromatic rings. The van der Waals surface area contributed by atoms with E-state index < -0.39 is 0 Å². The van der Waals surface area contributed by atoms with Gasteiger partial charge < -0.3 is 9.30 Å². The summed E-state index contributed by atoms with van der Waals surface area (Å²) in [5, 5.41) is 5.82. The second-order valence-corrected chi connectivity index (χ2v) is 8.11. The van der Waals surface area contributed by atoms with Gasteiger partial charge in [-0.15, -0.1) is 11.3 Å². The Balaban J connectivity index is 1.55. The minimum absolute atomic E-state index is 0.590. The van der Waals surface area contributed by atoms with Crippen LogP contribution >= 0.6 is 23.6 Å². The van der Waals surface area contributed by atoms with Gasteiger partial charge in [-0.2, -0.15) is 5.10 Å². The summed E-state index contributed by atoms with van der Waals surface area (Å²) in [6, 6.07) is 16.1. The number of hydrogen-bond donors (Lipinski definition) is 0. The van der Waals surface area contributed by atoms with Gasteiger partial charge in [0.25, 0.3) is 0 Å². The summed E-state index contributed by atoms with van der Waals surface area (Å²) in [6.45, 7) is 1.33. The normalized spacial score (nSPS) is 11.4. The lowest BCUT2D eigenvalue weighted by molar-refractivity contribution is 0.244. The lowest BCUT2D eigenvalue weighted by Gasteiger charge is -2.14. The molecule has 0 aliphatic rings. The van der Waals surface area contributed by atoms with Crippen LogP contribution in [-0.2, 0) is 20.3 Å². The van der Waals surface area contributed by atoms with Crippen LogP contribution in [0.4, 0.5) is 0 Å². The third kappa shape index (κ3) is 3.71. The molecule has 0 saturated carbocycles.